The molecule has 2 aromatic heterocycles. The van der Waals surface area contributed by atoms with Crippen LogP contribution >= 0.6 is 0 Å². The zero-order chi connectivity index (χ0) is 26.9. The Balaban J connectivity index is 1.28. The lowest BCUT2D eigenvalue weighted by Crippen LogP contribution is -2.46. The third kappa shape index (κ3) is 5.72. The third-order valence-electron chi connectivity index (χ3n) is 6.45. The molecule has 2 aromatic carbocycles. The smallest absolute Gasteiger partial charge is 0.416 e. The van der Waals surface area contributed by atoms with Gasteiger partial charge in [0.05, 0.1) is 30.1 Å². The first-order chi connectivity index (χ1) is 18.2. The van der Waals surface area contributed by atoms with E-state index in [1.165, 1.54) is 12.3 Å². The monoisotopic (exact) mass is 524 g/mol. The normalized spacial score (nSPS) is 17.2. The van der Waals surface area contributed by atoms with Gasteiger partial charge in [-0.1, -0.05) is 0 Å². The summed E-state index contributed by atoms with van der Waals surface area (Å²) in [4.78, 5) is 15.2. The third-order valence-corrected chi connectivity index (χ3v) is 6.45. The molecule has 198 valence electrons. The van der Waals surface area contributed by atoms with E-state index in [1.54, 1.807) is 25.4 Å². The van der Waals surface area contributed by atoms with Crippen LogP contribution in [0.2, 0.25) is 0 Å². The van der Waals surface area contributed by atoms with Gasteiger partial charge in [0, 0.05) is 29.4 Å². The van der Waals surface area contributed by atoms with Crippen LogP contribution in [0.15, 0.2) is 60.9 Å². The van der Waals surface area contributed by atoms with Crippen molar-refractivity contribution in [2.75, 3.05) is 31.8 Å². The molecule has 4 aromatic rings. The summed E-state index contributed by atoms with van der Waals surface area (Å²) in [6.45, 7) is 0. The van der Waals surface area contributed by atoms with Crippen molar-refractivity contribution in [1.82, 2.24) is 19.9 Å². The van der Waals surface area contributed by atoms with Crippen molar-refractivity contribution in [3.05, 3.63) is 66.5 Å². The summed E-state index contributed by atoms with van der Waals surface area (Å²) in [6.07, 6.45) is 0.785. The number of pyridine rings is 1. The molecule has 0 atom stereocenters. The number of rotatable bonds is 8. The summed E-state index contributed by atoms with van der Waals surface area (Å²) in [5, 5.41) is 6.59. The number of aromatic nitrogens is 3. The van der Waals surface area contributed by atoms with Crippen LogP contribution in [0.4, 0.5) is 36.3 Å². The zero-order valence-electron chi connectivity index (χ0n) is 21.1. The van der Waals surface area contributed by atoms with Crippen LogP contribution in [0.5, 0.6) is 11.5 Å². The minimum absolute atomic E-state index is 0.158. The predicted octanol–water partition coefficient (Wildman–Crippen LogP) is 6.01. The van der Waals surface area contributed by atoms with Crippen LogP contribution in [0, 0.1) is 0 Å². The van der Waals surface area contributed by atoms with Crippen molar-refractivity contribution >= 4 is 34.0 Å². The fraction of sp³-hybridized carbons (Fsp3) is 0.296. The zero-order valence-corrected chi connectivity index (χ0v) is 21.1. The molecule has 0 bridgehead atoms. The van der Waals surface area contributed by atoms with Crippen LogP contribution in [-0.2, 0) is 6.18 Å². The maximum atomic E-state index is 13.1. The number of nitrogens with zero attached hydrogens (tertiary/aromatic N) is 4. The van der Waals surface area contributed by atoms with E-state index >= 15 is 0 Å². The van der Waals surface area contributed by atoms with Gasteiger partial charge in [0.25, 0.3) is 0 Å². The molecular weight excluding hydrogens is 497 g/mol. The van der Waals surface area contributed by atoms with Gasteiger partial charge in [-0.25, -0.2) is 4.98 Å². The lowest BCUT2D eigenvalue weighted by Gasteiger charge is -2.39. The van der Waals surface area contributed by atoms with Gasteiger partial charge >= 0.3 is 6.18 Å². The van der Waals surface area contributed by atoms with Crippen LogP contribution in [-0.4, -0.2) is 53.2 Å². The first-order valence-corrected chi connectivity index (χ1v) is 12.0. The Morgan fingerprint density at radius 2 is 1.74 bits per heavy atom. The van der Waals surface area contributed by atoms with Crippen molar-refractivity contribution in [3.8, 4) is 11.5 Å². The van der Waals surface area contributed by atoms with Crippen molar-refractivity contribution in [1.29, 1.82) is 0 Å². The molecule has 2 N–H and O–H groups in total. The molecule has 1 saturated carbocycles. The van der Waals surface area contributed by atoms with E-state index in [-0.39, 0.29) is 6.10 Å². The SMILES string of the molecule is COc1cc(Nc2nccc(Nc3cnc4ccc(C(F)(F)F)cc4c3)n2)ccc1OC1CC(N(C)C)C1. The van der Waals surface area contributed by atoms with E-state index in [9.17, 15) is 13.2 Å². The fourth-order valence-electron chi connectivity index (χ4n) is 4.22. The van der Waals surface area contributed by atoms with Crippen LogP contribution in [0.25, 0.3) is 10.9 Å². The van der Waals surface area contributed by atoms with Crippen LogP contribution < -0.4 is 20.1 Å². The lowest BCUT2D eigenvalue weighted by atomic mass is 9.88. The largest absolute Gasteiger partial charge is 0.493 e. The molecule has 0 amide bonds. The van der Waals surface area contributed by atoms with E-state index in [1.807, 2.05) is 18.2 Å². The Labute approximate surface area is 217 Å². The highest BCUT2D eigenvalue weighted by Crippen LogP contribution is 2.36. The van der Waals surface area contributed by atoms with Gasteiger partial charge in [0.15, 0.2) is 11.5 Å². The summed E-state index contributed by atoms with van der Waals surface area (Å²) in [6, 6.07) is 12.7. The molecule has 2 heterocycles. The molecule has 1 fully saturated rings. The molecule has 1 aliphatic rings. The maximum Gasteiger partial charge on any atom is 0.416 e. The fourth-order valence-corrected chi connectivity index (χ4v) is 4.22. The average molecular weight is 525 g/mol. The second-order valence-electron chi connectivity index (χ2n) is 9.34. The van der Waals surface area contributed by atoms with E-state index in [4.69, 9.17) is 9.47 Å². The van der Waals surface area contributed by atoms with Crippen molar-refractivity contribution in [3.63, 3.8) is 0 Å². The Morgan fingerprint density at radius 3 is 2.47 bits per heavy atom. The molecular formula is C27H27F3N6O2. The highest BCUT2D eigenvalue weighted by molar-refractivity contribution is 5.83. The number of fused-ring (bicyclic) bond motifs is 1. The minimum atomic E-state index is -4.43. The predicted molar refractivity (Wildman–Crippen MR) is 139 cm³/mol. The average Bonchev–Trinajstić information content (AvgIpc) is 2.85. The highest BCUT2D eigenvalue weighted by Gasteiger charge is 2.33. The lowest BCUT2D eigenvalue weighted by molar-refractivity contribution is -0.137. The molecule has 0 spiro atoms. The minimum Gasteiger partial charge on any atom is -0.493 e. The molecule has 1 aliphatic carbocycles. The number of anilines is 4. The first-order valence-electron chi connectivity index (χ1n) is 12.0. The highest BCUT2D eigenvalue weighted by atomic mass is 19.4. The molecule has 11 heteroatoms. The van der Waals surface area contributed by atoms with Crippen molar-refractivity contribution in [2.24, 2.45) is 0 Å². The van der Waals surface area contributed by atoms with E-state index < -0.39 is 11.7 Å². The topological polar surface area (TPSA) is 84.4 Å². The number of benzene rings is 2. The van der Waals surface area contributed by atoms with E-state index in [2.05, 4.69) is 44.6 Å². The van der Waals surface area contributed by atoms with Gasteiger partial charge in [0.1, 0.15) is 11.9 Å². The van der Waals surface area contributed by atoms with Gasteiger partial charge in [-0.05, 0) is 69.4 Å². The number of ether oxygens (including phenoxy) is 2. The number of halogens is 3. The Kier molecular flexibility index (Phi) is 6.94. The molecule has 5 rings (SSSR count). The number of nitrogens with one attached hydrogen (secondary N) is 2. The Hall–Kier alpha value is -4.12. The van der Waals surface area contributed by atoms with Crippen LogP contribution in [0.3, 0.4) is 0 Å². The van der Waals surface area contributed by atoms with E-state index in [0.717, 1.165) is 25.0 Å². The van der Waals surface area contributed by atoms with Crippen LogP contribution in [0.1, 0.15) is 18.4 Å². The molecule has 8 nitrogen and oxygen atoms in total. The van der Waals surface area contributed by atoms with E-state index in [0.29, 0.717) is 51.6 Å². The molecule has 0 saturated heterocycles. The van der Waals surface area contributed by atoms with Crippen molar-refractivity contribution < 1.29 is 22.6 Å². The first kappa shape index (κ1) is 25.5. The summed E-state index contributed by atoms with van der Waals surface area (Å²) >= 11 is 0. The summed E-state index contributed by atoms with van der Waals surface area (Å²) in [5.41, 5.74) is 0.940. The maximum absolute atomic E-state index is 13.1. The summed E-state index contributed by atoms with van der Waals surface area (Å²) in [7, 11) is 5.73. The van der Waals surface area contributed by atoms with Gasteiger partial charge in [-0.3, -0.25) is 4.98 Å². The number of hydrogen-bond acceptors (Lipinski definition) is 8. The second-order valence-corrected chi connectivity index (χ2v) is 9.34. The summed E-state index contributed by atoms with van der Waals surface area (Å²) < 4.78 is 50.9. The molecule has 0 aliphatic heterocycles. The molecule has 0 unspecified atom stereocenters. The number of methoxy groups -OCH3 is 1. The Bertz CT molecular complexity index is 1440. The second kappa shape index (κ2) is 10.3. The molecule has 38 heavy (non-hydrogen) atoms. The van der Waals surface area contributed by atoms with Crippen molar-refractivity contribution in [2.45, 2.75) is 31.2 Å². The quantitative estimate of drug-likeness (QED) is 0.290. The van der Waals surface area contributed by atoms with Gasteiger partial charge in [-0.15, -0.1) is 0 Å². The van der Waals surface area contributed by atoms with Gasteiger partial charge in [-0.2, -0.15) is 18.2 Å². The van der Waals surface area contributed by atoms with Gasteiger partial charge < -0.3 is 25.0 Å². The number of alkyl halides is 3. The standard InChI is InChI=1S/C27H27F3N6O2/c1-36(2)20-13-21(14-20)38-23-7-5-18(12-24(23)37-3)34-26-31-9-8-25(35-26)33-19-11-16-10-17(27(28,29)30)4-6-22(16)32-15-19/h4-12,15,20-21H,13-14H2,1-3H3,(H2,31,33,34,35). The Morgan fingerprint density at radius 1 is 0.921 bits per heavy atom. The molecule has 0 radical (unpaired) electrons. The summed E-state index contributed by atoms with van der Waals surface area (Å²) in [5.74, 6) is 2.04. The number of hydrogen-bond donors (Lipinski definition) is 2. The van der Waals surface area contributed by atoms with Gasteiger partial charge in [0.2, 0.25) is 5.95 Å².